The number of carbonyl (C=O) groups is 2. The lowest BCUT2D eigenvalue weighted by atomic mass is 10.1. The summed E-state index contributed by atoms with van der Waals surface area (Å²) >= 11 is 0. The van der Waals surface area contributed by atoms with Crippen molar-refractivity contribution in [2.45, 2.75) is 26.2 Å². The topological polar surface area (TPSA) is 66.4 Å². The summed E-state index contributed by atoms with van der Waals surface area (Å²) in [5.74, 6) is 1.33. The fraction of sp³-hybridized carbons (Fsp3) is 0.600. The van der Waals surface area contributed by atoms with Gasteiger partial charge in [0.05, 0.1) is 0 Å². The van der Waals surface area contributed by atoms with Crippen LogP contribution in [0.1, 0.15) is 26.2 Å². The molecule has 0 aromatic carbocycles. The Hall–Kier alpha value is -1.50. The van der Waals surface area contributed by atoms with Crippen LogP contribution in [0.3, 0.4) is 0 Å². The molecule has 0 radical (unpaired) electrons. The Morgan fingerprint density at radius 3 is 2.71 bits per heavy atom. The number of amides is 1. The molecule has 0 aliphatic carbocycles. The highest BCUT2D eigenvalue weighted by atomic mass is 16.4. The van der Waals surface area contributed by atoms with Crippen molar-refractivity contribution in [1.29, 1.82) is 0 Å². The minimum atomic E-state index is -0.852. The first kappa shape index (κ1) is 12.5. The van der Waals surface area contributed by atoms with Crippen molar-refractivity contribution in [3.63, 3.8) is 0 Å². The van der Waals surface area contributed by atoms with Crippen LogP contribution in [-0.4, -0.2) is 23.5 Å². The average molecular weight is 197 g/mol. The fourth-order valence-corrected chi connectivity index (χ4v) is 0.932. The third-order valence-electron chi connectivity index (χ3n) is 1.67. The number of terminal acetylenes is 1. The van der Waals surface area contributed by atoms with E-state index in [1.807, 2.05) is 0 Å². The zero-order valence-corrected chi connectivity index (χ0v) is 8.25. The van der Waals surface area contributed by atoms with Gasteiger partial charge in [-0.3, -0.25) is 9.59 Å². The summed E-state index contributed by atoms with van der Waals surface area (Å²) in [7, 11) is 0. The Morgan fingerprint density at radius 1 is 1.57 bits per heavy atom. The van der Waals surface area contributed by atoms with Gasteiger partial charge in [-0.25, -0.2) is 0 Å². The molecule has 0 spiro atoms. The highest BCUT2D eigenvalue weighted by Gasteiger charge is 2.08. The molecule has 4 heteroatoms. The molecule has 14 heavy (non-hydrogen) atoms. The van der Waals surface area contributed by atoms with E-state index in [9.17, 15) is 9.59 Å². The molecule has 0 aromatic heterocycles. The van der Waals surface area contributed by atoms with Crippen LogP contribution in [0.4, 0.5) is 0 Å². The molecule has 2 N–H and O–H groups in total. The van der Waals surface area contributed by atoms with Gasteiger partial charge >= 0.3 is 5.97 Å². The summed E-state index contributed by atoms with van der Waals surface area (Å²) in [5.41, 5.74) is 0. The van der Waals surface area contributed by atoms with Crippen molar-refractivity contribution in [1.82, 2.24) is 5.32 Å². The molecule has 0 saturated carbocycles. The van der Waals surface area contributed by atoms with E-state index in [2.05, 4.69) is 11.2 Å². The molecule has 1 unspecified atom stereocenters. The summed E-state index contributed by atoms with van der Waals surface area (Å²) in [4.78, 5) is 21.3. The lowest BCUT2D eigenvalue weighted by molar-refractivity contribution is -0.138. The van der Waals surface area contributed by atoms with Crippen LogP contribution in [0.5, 0.6) is 0 Å². The van der Waals surface area contributed by atoms with E-state index in [0.717, 1.165) is 0 Å². The second-order valence-corrected chi connectivity index (χ2v) is 3.21. The van der Waals surface area contributed by atoms with Gasteiger partial charge in [0.15, 0.2) is 0 Å². The van der Waals surface area contributed by atoms with Crippen LogP contribution < -0.4 is 5.32 Å². The van der Waals surface area contributed by atoms with Crippen LogP contribution in [0.2, 0.25) is 0 Å². The fourth-order valence-electron chi connectivity index (χ4n) is 0.932. The monoisotopic (exact) mass is 197 g/mol. The lowest BCUT2D eigenvalue weighted by Crippen LogP contribution is -2.28. The standard InChI is InChI=1S/C10H15NO3/c1-3-4-5-9(12)11-7-8(2)6-10(13)14/h1,8H,4-7H2,2H3,(H,11,12)(H,13,14). The molecule has 4 nitrogen and oxygen atoms in total. The van der Waals surface area contributed by atoms with Gasteiger partial charge in [-0.05, 0) is 5.92 Å². The highest BCUT2D eigenvalue weighted by Crippen LogP contribution is 1.99. The second-order valence-electron chi connectivity index (χ2n) is 3.21. The first-order valence-corrected chi connectivity index (χ1v) is 4.48. The number of nitrogens with one attached hydrogen (secondary N) is 1. The molecule has 0 aliphatic rings. The minimum absolute atomic E-state index is 0.0534. The van der Waals surface area contributed by atoms with Crippen molar-refractivity contribution in [2.24, 2.45) is 5.92 Å². The third-order valence-corrected chi connectivity index (χ3v) is 1.67. The maximum atomic E-state index is 11.0. The average Bonchev–Trinajstić information content (AvgIpc) is 2.10. The van der Waals surface area contributed by atoms with Crippen LogP contribution in [0.25, 0.3) is 0 Å². The van der Waals surface area contributed by atoms with E-state index in [0.29, 0.717) is 19.4 Å². The lowest BCUT2D eigenvalue weighted by Gasteiger charge is -2.09. The van der Waals surface area contributed by atoms with Crippen molar-refractivity contribution >= 4 is 11.9 Å². The largest absolute Gasteiger partial charge is 0.481 e. The molecule has 1 atom stereocenters. The number of aliphatic carboxylic acids is 1. The SMILES string of the molecule is C#CCCC(=O)NCC(C)CC(=O)O. The van der Waals surface area contributed by atoms with Gasteiger partial charge in [0.25, 0.3) is 0 Å². The first-order valence-electron chi connectivity index (χ1n) is 4.48. The summed E-state index contributed by atoms with van der Waals surface area (Å²) in [6, 6.07) is 0. The Labute approximate surface area is 83.7 Å². The number of rotatable bonds is 6. The molecule has 0 bridgehead atoms. The van der Waals surface area contributed by atoms with Crippen LogP contribution in [0.15, 0.2) is 0 Å². The Bertz CT molecular complexity index is 242. The van der Waals surface area contributed by atoms with Crippen molar-refractivity contribution in [2.75, 3.05) is 6.54 Å². The Balaban J connectivity index is 3.56. The zero-order chi connectivity index (χ0) is 11.0. The van der Waals surface area contributed by atoms with Crippen molar-refractivity contribution < 1.29 is 14.7 Å². The molecule has 78 valence electrons. The van der Waals surface area contributed by atoms with Gasteiger partial charge in [-0.1, -0.05) is 6.92 Å². The van der Waals surface area contributed by atoms with Gasteiger partial charge in [-0.15, -0.1) is 12.3 Å². The molecular weight excluding hydrogens is 182 g/mol. The quantitative estimate of drug-likeness (QED) is 0.614. The summed E-state index contributed by atoms with van der Waals surface area (Å²) in [6.45, 7) is 2.16. The Kier molecular flexibility index (Phi) is 6.21. The molecular formula is C10H15NO3. The van der Waals surface area contributed by atoms with E-state index < -0.39 is 5.97 Å². The minimum Gasteiger partial charge on any atom is -0.481 e. The number of carboxylic acids is 1. The van der Waals surface area contributed by atoms with Crippen molar-refractivity contribution in [3.8, 4) is 12.3 Å². The predicted molar refractivity (Wildman–Crippen MR) is 52.5 cm³/mol. The highest BCUT2D eigenvalue weighted by molar-refractivity contribution is 5.76. The molecule has 0 heterocycles. The number of hydrogen-bond acceptors (Lipinski definition) is 2. The van der Waals surface area contributed by atoms with Gasteiger partial charge in [-0.2, -0.15) is 0 Å². The van der Waals surface area contributed by atoms with Crippen LogP contribution in [0, 0.1) is 18.3 Å². The van der Waals surface area contributed by atoms with E-state index in [-0.39, 0.29) is 18.2 Å². The predicted octanol–water partition coefficient (Wildman–Crippen LogP) is 0.627. The smallest absolute Gasteiger partial charge is 0.303 e. The molecule has 0 saturated heterocycles. The van der Waals surface area contributed by atoms with Crippen molar-refractivity contribution in [3.05, 3.63) is 0 Å². The van der Waals surface area contributed by atoms with E-state index >= 15 is 0 Å². The summed E-state index contributed by atoms with van der Waals surface area (Å²) < 4.78 is 0. The number of carbonyl (C=O) groups excluding carboxylic acids is 1. The van der Waals surface area contributed by atoms with Crippen LogP contribution in [-0.2, 0) is 9.59 Å². The molecule has 1 amide bonds. The van der Waals surface area contributed by atoms with Gasteiger partial charge in [0.1, 0.15) is 0 Å². The van der Waals surface area contributed by atoms with E-state index in [1.54, 1.807) is 6.92 Å². The summed E-state index contributed by atoms with van der Waals surface area (Å²) in [5, 5.41) is 11.1. The second kappa shape index (κ2) is 6.96. The molecule has 0 aromatic rings. The third kappa shape index (κ3) is 7.17. The van der Waals surface area contributed by atoms with E-state index in [1.165, 1.54) is 0 Å². The van der Waals surface area contributed by atoms with E-state index in [4.69, 9.17) is 11.5 Å². The maximum absolute atomic E-state index is 11.0. The molecule has 0 fully saturated rings. The first-order chi connectivity index (χ1) is 6.56. The number of hydrogen-bond donors (Lipinski definition) is 2. The Morgan fingerprint density at radius 2 is 2.21 bits per heavy atom. The van der Waals surface area contributed by atoms with Gasteiger partial charge < -0.3 is 10.4 Å². The van der Waals surface area contributed by atoms with Crippen LogP contribution >= 0.6 is 0 Å². The number of carboxylic acid groups (broad SMARTS) is 1. The van der Waals surface area contributed by atoms with Gasteiger partial charge in [0.2, 0.25) is 5.91 Å². The normalized spacial score (nSPS) is 11.4. The maximum Gasteiger partial charge on any atom is 0.303 e. The van der Waals surface area contributed by atoms with Gasteiger partial charge in [0, 0.05) is 25.8 Å². The summed E-state index contributed by atoms with van der Waals surface area (Å²) in [6.07, 6.45) is 5.77. The molecule has 0 aliphatic heterocycles. The molecule has 0 rings (SSSR count). The zero-order valence-electron chi connectivity index (χ0n) is 8.25.